The molecule has 0 amide bonds. The topological polar surface area (TPSA) is 86.1 Å². The van der Waals surface area contributed by atoms with Gasteiger partial charge in [0, 0.05) is 17.6 Å². The summed E-state index contributed by atoms with van der Waals surface area (Å²) in [6.45, 7) is 1.61. The van der Waals surface area contributed by atoms with Gasteiger partial charge in [-0.25, -0.2) is 14.4 Å². The average molecular weight is 359 g/mol. The summed E-state index contributed by atoms with van der Waals surface area (Å²) in [4.78, 5) is 8.55. The van der Waals surface area contributed by atoms with E-state index in [4.69, 9.17) is 5.11 Å². The summed E-state index contributed by atoms with van der Waals surface area (Å²) in [6, 6.07) is 9.70. The quantitative estimate of drug-likeness (QED) is 0.708. The van der Waals surface area contributed by atoms with Crippen molar-refractivity contribution in [2.45, 2.75) is 24.7 Å². The molecule has 0 saturated carbocycles. The van der Waals surface area contributed by atoms with Gasteiger partial charge in [-0.2, -0.15) is 0 Å². The van der Waals surface area contributed by atoms with E-state index >= 15 is 0 Å². The second-order valence-corrected chi connectivity index (χ2v) is 6.48. The number of benzene rings is 2. The number of hydrogen-bond acceptors (Lipinski definition) is 5. The molecule has 0 spiro atoms. The highest BCUT2D eigenvalue weighted by atomic mass is 32.2. The average Bonchev–Trinajstić information content (AvgIpc) is 2.59. The van der Waals surface area contributed by atoms with E-state index in [0.29, 0.717) is 40.7 Å². The maximum absolute atomic E-state index is 14.1. The Bertz CT molecular complexity index is 962. The van der Waals surface area contributed by atoms with Crippen LogP contribution in [0.1, 0.15) is 17.9 Å². The zero-order chi connectivity index (χ0) is 18.0. The van der Waals surface area contributed by atoms with Crippen molar-refractivity contribution in [3.8, 4) is 11.3 Å². The maximum atomic E-state index is 14.1. The van der Waals surface area contributed by atoms with Crippen LogP contribution in [0.2, 0.25) is 0 Å². The van der Waals surface area contributed by atoms with Crippen LogP contribution in [-0.2, 0) is 17.5 Å². The number of fused-ring (bicyclic) bond motifs is 1. The Morgan fingerprint density at radius 1 is 1.16 bits per heavy atom. The third kappa shape index (κ3) is 3.44. The van der Waals surface area contributed by atoms with E-state index in [1.807, 2.05) is 0 Å². The predicted molar refractivity (Wildman–Crippen MR) is 92.3 cm³/mol. The Labute approximate surface area is 146 Å². The van der Waals surface area contributed by atoms with Crippen LogP contribution in [0.5, 0.6) is 0 Å². The molecule has 0 bridgehead atoms. The molecule has 1 heterocycles. The van der Waals surface area contributed by atoms with Gasteiger partial charge in [0.05, 0.1) is 16.3 Å². The number of aliphatic hydroxyl groups excluding tert-OH is 1. The summed E-state index contributed by atoms with van der Waals surface area (Å²) in [5.74, 6) is 0.0426. The molecular formula is C18H16FN2O3S-. The summed E-state index contributed by atoms with van der Waals surface area (Å²) in [7, 11) is 0. The van der Waals surface area contributed by atoms with Crippen LogP contribution in [0.4, 0.5) is 4.39 Å². The van der Waals surface area contributed by atoms with E-state index < -0.39 is 11.1 Å². The Morgan fingerprint density at radius 3 is 2.56 bits per heavy atom. The van der Waals surface area contributed by atoms with Gasteiger partial charge in [-0.1, -0.05) is 24.3 Å². The molecule has 0 radical (unpaired) electrons. The molecule has 0 aliphatic rings. The Morgan fingerprint density at radius 2 is 1.88 bits per heavy atom. The van der Waals surface area contributed by atoms with Gasteiger partial charge in [0.15, 0.2) is 0 Å². The fourth-order valence-corrected chi connectivity index (χ4v) is 3.52. The minimum atomic E-state index is -2.56. The monoisotopic (exact) mass is 359 g/mol. The van der Waals surface area contributed by atoms with Crippen molar-refractivity contribution in [2.75, 3.05) is 6.61 Å². The molecule has 1 unspecified atom stereocenters. The number of aromatic nitrogens is 2. The first-order chi connectivity index (χ1) is 12.0. The van der Waals surface area contributed by atoms with Gasteiger partial charge in [0.2, 0.25) is 0 Å². The Hall–Kier alpha value is -2.22. The lowest BCUT2D eigenvalue weighted by Crippen LogP contribution is -2.08. The number of rotatable bonds is 5. The molecule has 3 rings (SSSR count). The van der Waals surface area contributed by atoms with Gasteiger partial charge in [0.1, 0.15) is 11.6 Å². The third-order valence-corrected chi connectivity index (χ3v) is 4.67. The van der Waals surface area contributed by atoms with Crippen molar-refractivity contribution >= 4 is 21.9 Å². The molecule has 0 aliphatic carbocycles. The van der Waals surface area contributed by atoms with Crippen molar-refractivity contribution in [3.63, 3.8) is 0 Å². The number of aliphatic hydroxyl groups is 1. The van der Waals surface area contributed by atoms with Gasteiger partial charge in [0.25, 0.3) is 0 Å². The van der Waals surface area contributed by atoms with E-state index in [9.17, 15) is 13.2 Å². The SMILES string of the molecule is Cc1nc(CCCO)c(S(=O)[O-])c(-c2ccc(F)c3ccccc23)n1. The standard InChI is InChI=1S/C18H17FN2O3S/c1-11-20-16(7-4-10-22)18(25(23)24)17(21-11)14-8-9-15(19)13-6-3-2-5-12(13)14/h2-3,5-6,8-9,22H,4,7,10H2,1H3,(H,23,24)/p-1. The highest BCUT2D eigenvalue weighted by molar-refractivity contribution is 7.79. The van der Waals surface area contributed by atoms with Crippen molar-refractivity contribution in [1.82, 2.24) is 9.97 Å². The summed E-state index contributed by atoms with van der Waals surface area (Å²) in [5, 5.41) is 10.0. The van der Waals surface area contributed by atoms with Crippen molar-refractivity contribution in [2.24, 2.45) is 0 Å². The normalized spacial score (nSPS) is 12.5. The van der Waals surface area contributed by atoms with Crippen molar-refractivity contribution in [1.29, 1.82) is 0 Å². The highest BCUT2D eigenvalue weighted by Gasteiger charge is 2.18. The number of nitrogens with zero attached hydrogens (tertiary/aromatic N) is 2. The fourth-order valence-electron chi connectivity index (χ4n) is 2.86. The molecule has 130 valence electrons. The van der Waals surface area contributed by atoms with Crippen molar-refractivity contribution in [3.05, 3.63) is 53.7 Å². The number of aryl methyl sites for hydroxylation is 2. The van der Waals surface area contributed by atoms with Crippen molar-refractivity contribution < 1.29 is 18.3 Å². The van der Waals surface area contributed by atoms with Crippen LogP contribution in [0, 0.1) is 12.7 Å². The molecule has 25 heavy (non-hydrogen) atoms. The molecule has 1 atom stereocenters. The fraction of sp³-hybridized carbons (Fsp3) is 0.222. The van der Waals surface area contributed by atoms with Gasteiger partial charge in [-0.05, 0) is 48.4 Å². The van der Waals surface area contributed by atoms with Crippen LogP contribution in [0.15, 0.2) is 41.3 Å². The largest absolute Gasteiger partial charge is 0.768 e. The summed E-state index contributed by atoms with van der Waals surface area (Å²) in [6.07, 6.45) is 0.708. The number of halogens is 1. The van der Waals surface area contributed by atoms with E-state index in [0.717, 1.165) is 0 Å². The molecular weight excluding hydrogens is 343 g/mol. The van der Waals surface area contributed by atoms with Gasteiger partial charge in [-0.15, -0.1) is 0 Å². The molecule has 0 aliphatic heterocycles. The lowest BCUT2D eigenvalue weighted by molar-refractivity contribution is 0.287. The van der Waals surface area contributed by atoms with E-state index in [2.05, 4.69) is 9.97 Å². The lowest BCUT2D eigenvalue weighted by Gasteiger charge is -2.17. The first-order valence-electron chi connectivity index (χ1n) is 7.78. The summed E-state index contributed by atoms with van der Waals surface area (Å²) >= 11 is -2.56. The molecule has 7 heteroatoms. The minimum Gasteiger partial charge on any atom is -0.768 e. The Kier molecular flexibility index (Phi) is 5.17. The molecule has 2 aromatic carbocycles. The number of hydrogen-bond donors (Lipinski definition) is 1. The van der Waals surface area contributed by atoms with Gasteiger partial charge >= 0.3 is 0 Å². The van der Waals surface area contributed by atoms with Crippen LogP contribution in [0.25, 0.3) is 22.0 Å². The maximum Gasteiger partial charge on any atom is 0.131 e. The smallest absolute Gasteiger partial charge is 0.131 e. The minimum absolute atomic E-state index is 0.00388. The zero-order valence-corrected chi connectivity index (χ0v) is 14.3. The highest BCUT2D eigenvalue weighted by Crippen LogP contribution is 2.33. The summed E-state index contributed by atoms with van der Waals surface area (Å²) in [5.41, 5.74) is 1.15. The van der Waals surface area contributed by atoms with Gasteiger partial charge < -0.3 is 9.66 Å². The molecule has 1 aromatic heterocycles. The van der Waals surface area contributed by atoms with E-state index in [-0.39, 0.29) is 23.0 Å². The predicted octanol–water partition coefficient (Wildman–Crippen LogP) is 2.91. The van der Waals surface area contributed by atoms with Crippen LogP contribution in [0.3, 0.4) is 0 Å². The first-order valence-corrected chi connectivity index (χ1v) is 8.85. The van der Waals surface area contributed by atoms with Crippen LogP contribution >= 0.6 is 0 Å². The second kappa shape index (κ2) is 7.35. The van der Waals surface area contributed by atoms with E-state index in [1.165, 1.54) is 12.1 Å². The Balaban J connectivity index is 2.32. The molecule has 3 aromatic rings. The molecule has 0 saturated heterocycles. The lowest BCUT2D eigenvalue weighted by atomic mass is 10.0. The molecule has 5 nitrogen and oxygen atoms in total. The zero-order valence-electron chi connectivity index (χ0n) is 13.5. The third-order valence-electron chi connectivity index (χ3n) is 3.91. The van der Waals surface area contributed by atoms with Crippen LogP contribution in [-0.4, -0.2) is 30.4 Å². The molecule has 0 fully saturated rings. The van der Waals surface area contributed by atoms with E-state index in [1.54, 1.807) is 31.2 Å². The van der Waals surface area contributed by atoms with Crippen LogP contribution < -0.4 is 0 Å². The molecule has 1 N–H and O–H groups in total. The second-order valence-electron chi connectivity index (χ2n) is 5.60. The summed E-state index contributed by atoms with van der Waals surface area (Å²) < 4.78 is 37.8. The van der Waals surface area contributed by atoms with Gasteiger partial charge in [-0.3, -0.25) is 4.21 Å². The first kappa shape index (κ1) is 17.6.